The van der Waals surface area contributed by atoms with Crippen molar-refractivity contribution in [3.8, 4) is 0 Å². The number of aryl methyl sites for hydroxylation is 1. The molecular weight excluding hydrogens is 412 g/mol. The number of fused-ring (bicyclic) bond motifs is 3. The van der Waals surface area contributed by atoms with Crippen LogP contribution in [0, 0.1) is 0 Å². The molecule has 0 fully saturated rings. The van der Waals surface area contributed by atoms with Crippen LogP contribution in [0.15, 0.2) is 65.6 Å². The van der Waals surface area contributed by atoms with Gasteiger partial charge in [-0.1, -0.05) is 24.3 Å². The molecule has 0 saturated carbocycles. The first kappa shape index (κ1) is 20.9. The highest BCUT2D eigenvalue weighted by molar-refractivity contribution is 8.00. The topological polar surface area (TPSA) is 88.4 Å². The Morgan fingerprint density at radius 2 is 1.84 bits per heavy atom. The number of aliphatic carboxylic acids is 1. The van der Waals surface area contributed by atoms with E-state index < -0.39 is 11.9 Å². The van der Waals surface area contributed by atoms with E-state index in [1.54, 1.807) is 18.2 Å². The third-order valence-electron chi connectivity index (χ3n) is 5.27. The summed E-state index contributed by atoms with van der Waals surface area (Å²) >= 11 is 1.41. The molecule has 0 aliphatic heterocycles. The molecule has 1 amide bonds. The predicted octanol–water partition coefficient (Wildman–Crippen LogP) is 4.53. The van der Waals surface area contributed by atoms with Crippen LogP contribution >= 0.6 is 11.8 Å². The molecule has 0 saturated heterocycles. The molecule has 1 aliphatic rings. The summed E-state index contributed by atoms with van der Waals surface area (Å²) in [5.74, 6) is -1.38. The van der Waals surface area contributed by atoms with Crippen molar-refractivity contribution in [3.05, 3.63) is 71.9 Å². The third kappa shape index (κ3) is 4.72. The van der Waals surface area contributed by atoms with Gasteiger partial charge in [-0.25, -0.2) is 4.79 Å². The van der Waals surface area contributed by atoms with Gasteiger partial charge < -0.3 is 10.4 Å². The summed E-state index contributed by atoms with van der Waals surface area (Å²) in [6.07, 6.45) is 5.94. The minimum absolute atomic E-state index is 0.0446. The normalized spacial score (nSPS) is 13.3. The van der Waals surface area contributed by atoms with Crippen LogP contribution in [-0.2, 0) is 22.4 Å². The van der Waals surface area contributed by atoms with Crippen molar-refractivity contribution in [2.75, 3.05) is 11.1 Å². The Labute approximate surface area is 183 Å². The Morgan fingerprint density at radius 1 is 1.03 bits per heavy atom. The van der Waals surface area contributed by atoms with Crippen LogP contribution in [0.3, 0.4) is 0 Å². The number of carbonyl (C=O) groups is 3. The van der Waals surface area contributed by atoms with Crippen LogP contribution < -0.4 is 5.32 Å². The van der Waals surface area contributed by atoms with Crippen LogP contribution in [-0.4, -0.2) is 33.2 Å². The van der Waals surface area contributed by atoms with Gasteiger partial charge in [0.1, 0.15) is 0 Å². The fourth-order valence-corrected chi connectivity index (χ4v) is 4.79. The molecule has 2 aromatic carbocycles. The lowest BCUT2D eigenvalue weighted by molar-refractivity contribution is -0.131. The Balaban J connectivity index is 1.49. The van der Waals surface area contributed by atoms with Crippen LogP contribution in [0.5, 0.6) is 0 Å². The first-order valence-electron chi connectivity index (χ1n) is 10.1. The molecule has 2 N–H and O–H groups in total. The van der Waals surface area contributed by atoms with Gasteiger partial charge in [-0.15, -0.1) is 11.8 Å². The molecule has 7 heteroatoms. The Hall–Kier alpha value is -3.32. The van der Waals surface area contributed by atoms with Gasteiger partial charge in [-0.2, -0.15) is 0 Å². The van der Waals surface area contributed by atoms with Crippen molar-refractivity contribution in [2.24, 2.45) is 0 Å². The molecule has 1 heterocycles. The van der Waals surface area contributed by atoms with E-state index in [2.05, 4.69) is 11.4 Å². The number of hydrogen-bond acceptors (Lipinski definition) is 4. The van der Waals surface area contributed by atoms with E-state index >= 15 is 0 Å². The SMILES string of the molecule is O=C(O)/C=C/C(=O)Nc1cccc(SCC(=O)n2c3c(c4ccccc42)CCCC3)c1. The molecule has 158 valence electrons. The molecule has 1 aromatic heterocycles. The molecule has 0 radical (unpaired) electrons. The summed E-state index contributed by atoms with van der Waals surface area (Å²) in [7, 11) is 0. The quantitative estimate of drug-likeness (QED) is 0.440. The average molecular weight is 435 g/mol. The van der Waals surface area contributed by atoms with Crippen LogP contribution in [0.4, 0.5) is 5.69 Å². The van der Waals surface area contributed by atoms with Gasteiger partial charge >= 0.3 is 5.97 Å². The molecule has 3 aromatic rings. The molecule has 1 aliphatic carbocycles. The third-order valence-corrected chi connectivity index (χ3v) is 6.25. The highest BCUT2D eigenvalue weighted by atomic mass is 32.2. The number of carbonyl (C=O) groups excluding carboxylic acids is 2. The number of carboxylic acids is 1. The number of benzene rings is 2. The monoisotopic (exact) mass is 434 g/mol. The second-order valence-electron chi connectivity index (χ2n) is 7.36. The number of amides is 1. The number of carboxylic acid groups (broad SMARTS) is 1. The second kappa shape index (κ2) is 9.22. The summed E-state index contributed by atoms with van der Waals surface area (Å²) in [5.41, 5.74) is 3.97. The number of rotatable bonds is 6. The van der Waals surface area contributed by atoms with Gasteiger partial charge in [-0.3, -0.25) is 14.2 Å². The number of para-hydroxylation sites is 1. The maximum atomic E-state index is 13.2. The standard InChI is InChI=1S/C24H22N2O4S/c27-22(12-13-24(29)30)25-16-6-5-7-17(14-16)31-15-23(28)26-20-10-3-1-8-18(20)19-9-2-4-11-21(19)26/h1,3,5-8,10,12-14H,2,4,9,11,15H2,(H,25,27)(H,29,30)/b13-12+. The zero-order chi connectivity index (χ0) is 21.8. The fraction of sp³-hybridized carbons (Fsp3) is 0.208. The zero-order valence-electron chi connectivity index (χ0n) is 16.8. The maximum Gasteiger partial charge on any atom is 0.328 e. The number of hydrogen-bond donors (Lipinski definition) is 2. The molecule has 0 spiro atoms. The number of nitrogens with one attached hydrogen (secondary N) is 1. The molecule has 4 rings (SSSR count). The maximum absolute atomic E-state index is 13.2. The number of thioether (sulfide) groups is 1. The van der Waals surface area contributed by atoms with Crippen LogP contribution in [0.1, 0.15) is 28.9 Å². The number of anilines is 1. The second-order valence-corrected chi connectivity index (χ2v) is 8.40. The highest BCUT2D eigenvalue weighted by Crippen LogP contribution is 2.33. The van der Waals surface area contributed by atoms with Crippen molar-refractivity contribution >= 4 is 46.1 Å². The lowest BCUT2D eigenvalue weighted by Crippen LogP contribution is -2.18. The van der Waals surface area contributed by atoms with E-state index in [4.69, 9.17) is 5.11 Å². The zero-order valence-corrected chi connectivity index (χ0v) is 17.7. The van der Waals surface area contributed by atoms with Gasteiger partial charge in [0.05, 0.1) is 11.3 Å². The average Bonchev–Trinajstić information content (AvgIpc) is 3.11. The lowest BCUT2D eigenvalue weighted by atomic mass is 9.96. The summed E-state index contributed by atoms with van der Waals surface area (Å²) < 4.78 is 1.89. The van der Waals surface area contributed by atoms with Crippen molar-refractivity contribution in [2.45, 2.75) is 30.6 Å². The van der Waals surface area contributed by atoms with E-state index in [1.807, 2.05) is 28.8 Å². The molecular formula is C24H22N2O4S. The molecule has 0 atom stereocenters. The van der Waals surface area contributed by atoms with Crippen molar-refractivity contribution in [3.63, 3.8) is 0 Å². The predicted molar refractivity (Wildman–Crippen MR) is 122 cm³/mol. The van der Waals surface area contributed by atoms with E-state index in [0.717, 1.165) is 53.9 Å². The van der Waals surface area contributed by atoms with Crippen LogP contribution in [0.25, 0.3) is 10.9 Å². The van der Waals surface area contributed by atoms with Gasteiger partial charge in [0.15, 0.2) is 0 Å². The number of nitrogens with zero attached hydrogens (tertiary/aromatic N) is 1. The summed E-state index contributed by atoms with van der Waals surface area (Å²) in [6, 6.07) is 15.3. The fourth-order valence-electron chi connectivity index (χ4n) is 3.98. The lowest BCUT2D eigenvalue weighted by Gasteiger charge is -2.15. The van der Waals surface area contributed by atoms with E-state index in [1.165, 1.54) is 22.7 Å². The summed E-state index contributed by atoms with van der Waals surface area (Å²) in [6.45, 7) is 0. The van der Waals surface area contributed by atoms with Gasteiger partial charge in [-0.05, 0) is 55.5 Å². The van der Waals surface area contributed by atoms with Crippen molar-refractivity contribution < 1.29 is 19.5 Å². The molecule has 31 heavy (non-hydrogen) atoms. The van der Waals surface area contributed by atoms with E-state index in [9.17, 15) is 14.4 Å². The van der Waals surface area contributed by atoms with Crippen molar-refractivity contribution in [1.29, 1.82) is 0 Å². The Kier molecular flexibility index (Phi) is 6.23. The van der Waals surface area contributed by atoms with Gasteiger partial charge in [0.2, 0.25) is 11.8 Å². The van der Waals surface area contributed by atoms with E-state index in [-0.39, 0.29) is 11.7 Å². The van der Waals surface area contributed by atoms with Gasteiger partial charge in [0, 0.05) is 33.8 Å². The molecule has 6 nitrogen and oxygen atoms in total. The summed E-state index contributed by atoms with van der Waals surface area (Å²) in [4.78, 5) is 36.3. The van der Waals surface area contributed by atoms with Gasteiger partial charge in [0.25, 0.3) is 0 Å². The Morgan fingerprint density at radius 3 is 2.68 bits per heavy atom. The van der Waals surface area contributed by atoms with Crippen LogP contribution in [0.2, 0.25) is 0 Å². The largest absolute Gasteiger partial charge is 0.478 e. The Bertz CT molecular complexity index is 1200. The minimum atomic E-state index is -1.18. The number of aromatic nitrogens is 1. The highest BCUT2D eigenvalue weighted by Gasteiger charge is 2.23. The van der Waals surface area contributed by atoms with Crippen molar-refractivity contribution in [1.82, 2.24) is 4.57 Å². The first-order valence-corrected chi connectivity index (χ1v) is 11.1. The summed E-state index contributed by atoms with van der Waals surface area (Å²) in [5, 5.41) is 12.4. The first-order chi connectivity index (χ1) is 15.0. The molecule has 0 bridgehead atoms. The molecule has 0 unspecified atom stereocenters. The van der Waals surface area contributed by atoms with E-state index in [0.29, 0.717) is 5.69 Å². The minimum Gasteiger partial charge on any atom is -0.478 e. The smallest absolute Gasteiger partial charge is 0.328 e.